The molecule has 0 spiro atoms. The molecule has 0 aromatic heterocycles. The first kappa shape index (κ1) is 14.9. The van der Waals surface area contributed by atoms with Gasteiger partial charge in [-0.15, -0.1) is 0 Å². The van der Waals surface area contributed by atoms with E-state index >= 15 is 0 Å². The zero-order valence-corrected chi connectivity index (χ0v) is 10.3. The largest absolute Gasteiger partial charge is 0.381 e. The van der Waals surface area contributed by atoms with Crippen LogP contribution in [0.15, 0.2) is 0 Å². The molecule has 0 radical (unpaired) electrons. The van der Waals surface area contributed by atoms with E-state index in [0.29, 0.717) is 0 Å². The highest BCUT2D eigenvalue weighted by Gasteiger charge is 1.91. The van der Waals surface area contributed by atoms with Crippen molar-refractivity contribution in [3.8, 4) is 0 Å². The minimum Gasteiger partial charge on any atom is -0.381 e. The second kappa shape index (κ2) is 13.9. The molecule has 3 heteroatoms. The van der Waals surface area contributed by atoms with Gasteiger partial charge in [-0.25, -0.2) is 0 Å². The van der Waals surface area contributed by atoms with Crippen LogP contribution in [0.1, 0.15) is 39.5 Å². The van der Waals surface area contributed by atoms with Crippen LogP contribution in [0.3, 0.4) is 0 Å². The summed E-state index contributed by atoms with van der Waals surface area (Å²) in [6, 6.07) is 0. The highest BCUT2D eigenvalue weighted by Crippen LogP contribution is 1.97. The van der Waals surface area contributed by atoms with Gasteiger partial charge in [0.2, 0.25) is 0 Å². The van der Waals surface area contributed by atoms with Gasteiger partial charge in [0.1, 0.15) is 0 Å². The average molecular weight is 218 g/mol. The van der Waals surface area contributed by atoms with E-state index in [1.54, 1.807) is 0 Å². The van der Waals surface area contributed by atoms with E-state index in [4.69, 9.17) is 14.2 Å². The van der Waals surface area contributed by atoms with Gasteiger partial charge in [-0.1, -0.05) is 6.92 Å². The van der Waals surface area contributed by atoms with Crippen molar-refractivity contribution in [3.05, 3.63) is 0 Å². The van der Waals surface area contributed by atoms with Gasteiger partial charge >= 0.3 is 0 Å². The van der Waals surface area contributed by atoms with Gasteiger partial charge in [0, 0.05) is 26.4 Å². The van der Waals surface area contributed by atoms with E-state index in [1.165, 1.54) is 6.42 Å². The molecule has 0 aliphatic carbocycles. The topological polar surface area (TPSA) is 27.7 Å². The highest BCUT2D eigenvalue weighted by atomic mass is 16.5. The summed E-state index contributed by atoms with van der Waals surface area (Å²) in [6.07, 6.45) is 4.58. The molecule has 0 atom stereocenters. The molecule has 15 heavy (non-hydrogen) atoms. The van der Waals surface area contributed by atoms with Crippen LogP contribution in [0.25, 0.3) is 0 Å². The van der Waals surface area contributed by atoms with Crippen molar-refractivity contribution in [1.82, 2.24) is 0 Å². The van der Waals surface area contributed by atoms with Gasteiger partial charge in [-0.05, 0) is 32.6 Å². The monoisotopic (exact) mass is 218 g/mol. The second-order valence-electron chi connectivity index (χ2n) is 3.48. The number of rotatable bonds is 12. The third-order valence-electron chi connectivity index (χ3n) is 2.00. The van der Waals surface area contributed by atoms with Crippen LogP contribution in [0, 0.1) is 0 Å². The number of ether oxygens (including phenoxy) is 3. The van der Waals surface area contributed by atoms with E-state index < -0.39 is 0 Å². The zero-order chi connectivity index (χ0) is 11.2. The maximum Gasteiger partial charge on any atom is 0.0700 e. The van der Waals surface area contributed by atoms with Crippen molar-refractivity contribution in [2.45, 2.75) is 39.5 Å². The van der Waals surface area contributed by atoms with Crippen molar-refractivity contribution in [3.63, 3.8) is 0 Å². The second-order valence-corrected chi connectivity index (χ2v) is 3.48. The lowest BCUT2D eigenvalue weighted by Gasteiger charge is -2.04. The summed E-state index contributed by atoms with van der Waals surface area (Å²) in [4.78, 5) is 0. The van der Waals surface area contributed by atoms with Gasteiger partial charge in [0.25, 0.3) is 0 Å². The lowest BCUT2D eigenvalue weighted by atomic mass is 10.2. The Morgan fingerprint density at radius 2 is 1.20 bits per heavy atom. The summed E-state index contributed by atoms with van der Waals surface area (Å²) in [5.41, 5.74) is 0. The normalized spacial score (nSPS) is 10.8. The quantitative estimate of drug-likeness (QED) is 0.471. The number of hydrogen-bond donors (Lipinski definition) is 0. The van der Waals surface area contributed by atoms with Crippen molar-refractivity contribution in [1.29, 1.82) is 0 Å². The molecule has 0 aliphatic heterocycles. The van der Waals surface area contributed by atoms with Crippen molar-refractivity contribution in [2.24, 2.45) is 0 Å². The summed E-state index contributed by atoms with van der Waals surface area (Å²) in [7, 11) is 0. The molecule has 0 N–H and O–H groups in total. The van der Waals surface area contributed by atoms with Gasteiger partial charge in [0.15, 0.2) is 0 Å². The molecule has 3 nitrogen and oxygen atoms in total. The van der Waals surface area contributed by atoms with Gasteiger partial charge in [-0.3, -0.25) is 0 Å². The van der Waals surface area contributed by atoms with Gasteiger partial charge < -0.3 is 14.2 Å². The summed E-state index contributed by atoms with van der Waals surface area (Å²) in [5, 5.41) is 0. The van der Waals surface area contributed by atoms with Crippen LogP contribution >= 0.6 is 0 Å². The van der Waals surface area contributed by atoms with Gasteiger partial charge in [-0.2, -0.15) is 0 Å². The highest BCUT2D eigenvalue weighted by molar-refractivity contribution is 4.41. The Kier molecular flexibility index (Phi) is 13.8. The number of unbranched alkanes of at least 4 members (excludes halogenated alkanes) is 2. The Hall–Kier alpha value is -0.120. The zero-order valence-electron chi connectivity index (χ0n) is 10.3. The van der Waals surface area contributed by atoms with Crippen molar-refractivity contribution in [2.75, 3.05) is 39.6 Å². The molecule has 0 rings (SSSR count). The predicted molar refractivity (Wildman–Crippen MR) is 62.3 cm³/mol. The molecule has 92 valence electrons. The standard InChI is InChI=1S/C12H26O3/c1-3-8-14-9-6-5-7-10-15-12-11-13-4-2/h3-12H2,1-2H3. The van der Waals surface area contributed by atoms with E-state index in [2.05, 4.69) is 6.92 Å². The SMILES string of the molecule is CCCOCCCCCOCCOCC. The minimum atomic E-state index is 0.718. The number of hydrogen-bond acceptors (Lipinski definition) is 3. The van der Waals surface area contributed by atoms with Gasteiger partial charge in [0.05, 0.1) is 13.2 Å². The third-order valence-corrected chi connectivity index (χ3v) is 2.00. The Bertz CT molecular complexity index is 95.0. The van der Waals surface area contributed by atoms with Crippen LogP contribution < -0.4 is 0 Å². The lowest BCUT2D eigenvalue weighted by Crippen LogP contribution is -2.05. The van der Waals surface area contributed by atoms with Crippen LogP contribution in [0.4, 0.5) is 0 Å². The molecule has 0 heterocycles. The molecule has 0 aromatic rings. The fourth-order valence-electron chi connectivity index (χ4n) is 1.20. The van der Waals surface area contributed by atoms with Crippen LogP contribution in [0.2, 0.25) is 0 Å². The van der Waals surface area contributed by atoms with E-state index in [0.717, 1.165) is 58.9 Å². The molecule has 0 amide bonds. The van der Waals surface area contributed by atoms with Crippen LogP contribution in [-0.4, -0.2) is 39.6 Å². The summed E-state index contributed by atoms with van der Waals surface area (Å²) >= 11 is 0. The molecule has 0 saturated heterocycles. The Morgan fingerprint density at radius 3 is 1.80 bits per heavy atom. The predicted octanol–water partition coefficient (Wildman–Crippen LogP) is 2.64. The molecular weight excluding hydrogens is 192 g/mol. The Morgan fingerprint density at radius 1 is 0.600 bits per heavy atom. The average Bonchev–Trinajstić information content (AvgIpc) is 2.26. The molecule has 0 aliphatic rings. The smallest absolute Gasteiger partial charge is 0.0700 e. The Labute approximate surface area is 94.1 Å². The van der Waals surface area contributed by atoms with E-state index in [-0.39, 0.29) is 0 Å². The molecule has 0 unspecified atom stereocenters. The summed E-state index contributed by atoms with van der Waals surface area (Å²) in [6.45, 7) is 8.98. The molecule has 0 saturated carbocycles. The van der Waals surface area contributed by atoms with Crippen LogP contribution in [0.5, 0.6) is 0 Å². The minimum absolute atomic E-state index is 0.718. The summed E-state index contributed by atoms with van der Waals surface area (Å²) < 4.78 is 15.9. The first-order valence-electron chi connectivity index (χ1n) is 6.15. The maximum atomic E-state index is 5.40. The van der Waals surface area contributed by atoms with E-state index in [1.807, 2.05) is 6.92 Å². The first-order valence-corrected chi connectivity index (χ1v) is 6.15. The van der Waals surface area contributed by atoms with Crippen LogP contribution in [-0.2, 0) is 14.2 Å². The molecule has 0 bridgehead atoms. The third kappa shape index (κ3) is 13.9. The fraction of sp³-hybridized carbons (Fsp3) is 1.00. The summed E-state index contributed by atoms with van der Waals surface area (Å²) in [5.74, 6) is 0. The molecule has 0 aromatic carbocycles. The lowest BCUT2D eigenvalue weighted by molar-refractivity contribution is 0.0502. The first-order chi connectivity index (χ1) is 7.41. The maximum absolute atomic E-state index is 5.40. The fourth-order valence-corrected chi connectivity index (χ4v) is 1.20. The molecule has 0 fully saturated rings. The van der Waals surface area contributed by atoms with Crippen molar-refractivity contribution >= 4 is 0 Å². The van der Waals surface area contributed by atoms with E-state index in [9.17, 15) is 0 Å². The Balaban J connectivity index is 2.81. The molecular formula is C12H26O3. The van der Waals surface area contributed by atoms with Crippen molar-refractivity contribution < 1.29 is 14.2 Å².